The first-order chi connectivity index (χ1) is 16.0. The van der Waals surface area contributed by atoms with E-state index in [2.05, 4.69) is 18.2 Å². The fourth-order valence-electron chi connectivity index (χ4n) is 4.44. The molecule has 0 aromatic heterocycles. The molecule has 2 N–H and O–H groups in total. The number of ether oxygens (including phenoxy) is 2. The lowest BCUT2D eigenvalue weighted by atomic mass is 9.91. The van der Waals surface area contributed by atoms with Gasteiger partial charge in [0.05, 0.1) is 13.2 Å². The second-order valence-electron chi connectivity index (χ2n) is 8.83. The van der Waals surface area contributed by atoms with E-state index in [1.807, 2.05) is 11.8 Å². The first-order valence-corrected chi connectivity index (χ1v) is 14.1. The maximum Gasteiger partial charge on any atom is 0.303 e. The molecule has 0 amide bonds. The van der Waals surface area contributed by atoms with Gasteiger partial charge in [-0.05, 0) is 80.7 Å². The Balaban J connectivity index is 1.28. The Morgan fingerprint density at radius 3 is 2.61 bits per heavy atom. The molecular formula is C25H36O6S2. The van der Waals surface area contributed by atoms with E-state index < -0.39 is 16.9 Å². The molecule has 1 aromatic carbocycles. The molecule has 6 nitrogen and oxygen atoms in total. The highest BCUT2D eigenvalue weighted by Crippen LogP contribution is 2.45. The first kappa shape index (κ1) is 26.2. The number of hydrogen-bond acceptors (Lipinski definition) is 6. The van der Waals surface area contributed by atoms with Crippen LogP contribution in [0.15, 0.2) is 18.2 Å². The number of carboxylic acid groups (broad SMARTS) is 2. The van der Waals surface area contributed by atoms with Gasteiger partial charge in [-0.2, -0.15) is 11.8 Å². The van der Waals surface area contributed by atoms with Crippen molar-refractivity contribution in [2.24, 2.45) is 0 Å². The molecule has 8 heteroatoms. The first-order valence-electron chi connectivity index (χ1n) is 12.0. The largest absolute Gasteiger partial charge is 0.493 e. The Kier molecular flexibility index (Phi) is 10.7. The Labute approximate surface area is 205 Å². The minimum absolute atomic E-state index is 0.000337. The summed E-state index contributed by atoms with van der Waals surface area (Å²) in [5.41, 5.74) is 2.87. The van der Waals surface area contributed by atoms with Crippen LogP contribution in [0.5, 0.6) is 5.75 Å². The van der Waals surface area contributed by atoms with Crippen molar-refractivity contribution in [2.75, 3.05) is 24.7 Å². The standard InChI is InChI=1S/C25H36O6S2/c26-23(27)11-13-25(14-12-24(28)29)31-17-20(33-25)18-32-16-5-1-4-15-30-22-10-6-8-19-7-2-3-9-21(19)22/h6,8,10,20H,1-5,7,9,11-18H2,(H,26,27)(H,28,29). The number of hydrogen-bond donors (Lipinski definition) is 2. The van der Waals surface area contributed by atoms with Gasteiger partial charge in [0.25, 0.3) is 0 Å². The normalized spacial score (nSPS) is 19.2. The van der Waals surface area contributed by atoms with Crippen molar-refractivity contribution in [3.8, 4) is 5.75 Å². The molecule has 184 valence electrons. The highest BCUT2D eigenvalue weighted by molar-refractivity contribution is 8.04. The molecule has 1 unspecified atom stereocenters. The van der Waals surface area contributed by atoms with Crippen LogP contribution in [-0.4, -0.2) is 57.1 Å². The minimum atomic E-state index is -0.872. The molecule has 33 heavy (non-hydrogen) atoms. The van der Waals surface area contributed by atoms with Gasteiger partial charge < -0.3 is 19.7 Å². The van der Waals surface area contributed by atoms with Crippen LogP contribution in [0.25, 0.3) is 0 Å². The van der Waals surface area contributed by atoms with Gasteiger partial charge >= 0.3 is 11.9 Å². The molecule has 1 atom stereocenters. The summed E-state index contributed by atoms with van der Waals surface area (Å²) in [6.07, 6.45) is 8.89. The summed E-state index contributed by atoms with van der Waals surface area (Å²) >= 11 is 3.53. The van der Waals surface area contributed by atoms with E-state index in [-0.39, 0.29) is 18.1 Å². The predicted molar refractivity (Wildman–Crippen MR) is 134 cm³/mol. The zero-order valence-electron chi connectivity index (χ0n) is 19.3. The third-order valence-corrected chi connectivity index (χ3v) is 9.22. The van der Waals surface area contributed by atoms with E-state index in [1.54, 1.807) is 11.8 Å². The highest BCUT2D eigenvalue weighted by Gasteiger charge is 2.41. The van der Waals surface area contributed by atoms with Gasteiger partial charge in [0.2, 0.25) is 0 Å². The van der Waals surface area contributed by atoms with Crippen molar-refractivity contribution in [3.63, 3.8) is 0 Å². The molecule has 0 saturated carbocycles. The number of aliphatic carboxylic acids is 2. The minimum Gasteiger partial charge on any atom is -0.493 e. The van der Waals surface area contributed by atoms with Crippen molar-refractivity contribution in [3.05, 3.63) is 29.3 Å². The molecule has 3 rings (SSSR count). The van der Waals surface area contributed by atoms with E-state index in [4.69, 9.17) is 19.7 Å². The van der Waals surface area contributed by atoms with Crippen molar-refractivity contribution in [1.82, 2.24) is 0 Å². The van der Waals surface area contributed by atoms with E-state index in [0.29, 0.717) is 19.4 Å². The predicted octanol–water partition coefficient (Wildman–Crippen LogP) is 5.41. The van der Waals surface area contributed by atoms with Crippen molar-refractivity contribution < 1.29 is 29.3 Å². The fraction of sp³-hybridized carbons (Fsp3) is 0.680. The number of carboxylic acids is 2. The Morgan fingerprint density at radius 1 is 1.09 bits per heavy atom. The Morgan fingerprint density at radius 2 is 1.85 bits per heavy atom. The third-order valence-electron chi connectivity index (χ3n) is 6.20. The van der Waals surface area contributed by atoms with E-state index in [0.717, 1.165) is 49.5 Å². The van der Waals surface area contributed by atoms with Crippen LogP contribution in [0.3, 0.4) is 0 Å². The second kappa shape index (κ2) is 13.5. The lowest BCUT2D eigenvalue weighted by Crippen LogP contribution is -2.26. The smallest absolute Gasteiger partial charge is 0.303 e. The van der Waals surface area contributed by atoms with Crippen molar-refractivity contribution in [1.29, 1.82) is 0 Å². The van der Waals surface area contributed by atoms with Gasteiger partial charge in [-0.25, -0.2) is 0 Å². The summed E-state index contributed by atoms with van der Waals surface area (Å²) < 4.78 is 12.0. The maximum absolute atomic E-state index is 11.0. The second-order valence-corrected chi connectivity index (χ2v) is 11.6. The quantitative estimate of drug-likeness (QED) is 0.312. The van der Waals surface area contributed by atoms with Gasteiger partial charge in [-0.1, -0.05) is 12.1 Å². The van der Waals surface area contributed by atoms with Crippen LogP contribution >= 0.6 is 23.5 Å². The van der Waals surface area contributed by atoms with Crippen LogP contribution in [0, 0.1) is 0 Å². The average molecular weight is 497 g/mol. The van der Waals surface area contributed by atoms with E-state index in [1.165, 1.54) is 30.4 Å². The zero-order valence-corrected chi connectivity index (χ0v) is 20.9. The highest BCUT2D eigenvalue weighted by atomic mass is 32.2. The monoisotopic (exact) mass is 496 g/mol. The number of benzene rings is 1. The summed E-state index contributed by atoms with van der Waals surface area (Å²) in [4.78, 5) is 21.3. The van der Waals surface area contributed by atoms with Gasteiger partial charge in [0.1, 0.15) is 10.7 Å². The van der Waals surface area contributed by atoms with Crippen LogP contribution in [0.1, 0.15) is 68.9 Å². The molecule has 1 aromatic rings. The number of unbranched alkanes of at least 4 members (excludes halogenated alkanes) is 2. The fourth-order valence-corrected chi connectivity index (χ4v) is 7.26. The van der Waals surface area contributed by atoms with Crippen molar-refractivity contribution in [2.45, 2.75) is 80.8 Å². The van der Waals surface area contributed by atoms with Crippen LogP contribution < -0.4 is 4.74 Å². The lowest BCUT2D eigenvalue weighted by Gasteiger charge is -2.26. The number of aryl methyl sites for hydroxylation is 1. The maximum atomic E-state index is 11.0. The molecule has 1 saturated heterocycles. The molecule has 1 aliphatic carbocycles. The van der Waals surface area contributed by atoms with Gasteiger partial charge in [0, 0.05) is 23.8 Å². The molecule has 1 heterocycles. The Hall–Kier alpha value is -1.38. The number of fused-ring (bicyclic) bond motifs is 1. The molecule has 0 radical (unpaired) electrons. The lowest BCUT2D eigenvalue weighted by molar-refractivity contribution is -0.138. The SMILES string of the molecule is O=C(O)CCC1(CCC(=O)O)OCC(CSCCCCCOc2cccc3c2CCCC3)S1. The molecule has 1 aliphatic heterocycles. The summed E-state index contributed by atoms with van der Waals surface area (Å²) in [6, 6.07) is 6.45. The molecule has 2 aliphatic rings. The van der Waals surface area contributed by atoms with E-state index >= 15 is 0 Å². The summed E-state index contributed by atoms with van der Waals surface area (Å²) in [5.74, 6) is 1.36. The van der Waals surface area contributed by atoms with Crippen LogP contribution in [-0.2, 0) is 27.2 Å². The summed E-state index contributed by atoms with van der Waals surface area (Å²) in [5, 5.41) is 18.3. The molecular weight excluding hydrogens is 460 g/mol. The van der Waals surface area contributed by atoms with Gasteiger partial charge in [0.15, 0.2) is 0 Å². The summed E-state index contributed by atoms with van der Waals surface area (Å²) in [7, 11) is 0. The molecule has 1 fully saturated rings. The third kappa shape index (κ3) is 8.72. The van der Waals surface area contributed by atoms with E-state index in [9.17, 15) is 9.59 Å². The van der Waals surface area contributed by atoms with Crippen molar-refractivity contribution >= 4 is 35.5 Å². The molecule has 0 spiro atoms. The van der Waals surface area contributed by atoms with Crippen LogP contribution in [0.4, 0.5) is 0 Å². The number of thioether (sulfide) groups is 2. The number of carbonyl (C=O) groups is 2. The van der Waals surface area contributed by atoms with Gasteiger partial charge in [-0.3, -0.25) is 9.59 Å². The average Bonchev–Trinajstić information content (AvgIpc) is 3.22. The molecule has 0 bridgehead atoms. The summed E-state index contributed by atoms with van der Waals surface area (Å²) in [6.45, 7) is 1.33. The topological polar surface area (TPSA) is 93.1 Å². The van der Waals surface area contributed by atoms with Gasteiger partial charge in [-0.15, -0.1) is 11.8 Å². The number of rotatable bonds is 15. The Bertz CT molecular complexity index is 766. The zero-order chi connectivity index (χ0) is 23.5. The van der Waals surface area contributed by atoms with Crippen LogP contribution in [0.2, 0.25) is 0 Å².